The van der Waals surface area contributed by atoms with Gasteiger partial charge in [-0.25, -0.2) is 0 Å². The van der Waals surface area contributed by atoms with Crippen molar-refractivity contribution in [1.29, 1.82) is 0 Å². The molecule has 0 radical (unpaired) electrons. The summed E-state index contributed by atoms with van der Waals surface area (Å²) in [4.78, 5) is 14.4. The van der Waals surface area contributed by atoms with E-state index in [0.29, 0.717) is 25.1 Å². The van der Waals surface area contributed by atoms with E-state index in [2.05, 4.69) is 55.3 Å². The quantitative estimate of drug-likeness (QED) is 0.778. The first-order valence-corrected chi connectivity index (χ1v) is 9.19. The van der Waals surface area contributed by atoms with Crippen LogP contribution in [-0.4, -0.2) is 42.1 Å². The number of hydrogen-bond acceptors (Lipinski definition) is 4. The fraction of sp³-hybridized carbons (Fsp3) is 0.650. The fourth-order valence-corrected chi connectivity index (χ4v) is 3.47. The highest BCUT2D eigenvalue weighted by atomic mass is 16.5. The number of nitrogens with zero attached hydrogens (tertiary/aromatic N) is 1. The van der Waals surface area contributed by atoms with E-state index in [1.807, 2.05) is 6.92 Å². The molecule has 134 valence electrons. The Morgan fingerprint density at radius 3 is 2.62 bits per heavy atom. The molecule has 1 aliphatic rings. The molecule has 1 saturated heterocycles. The highest BCUT2D eigenvalue weighted by Crippen LogP contribution is 2.23. The second-order valence-corrected chi connectivity index (χ2v) is 7.17. The van der Waals surface area contributed by atoms with Crippen molar-refractivity contribution in [2.45, 2.75) is 71.6 Å². The third-order valence-electron chi connectivity index (χ3n) is 4.60. The number of hydrogen-bond donors (Lipinski definition) is 1. The second kappa shape index (κ2) is 9.19. The first kappa shape index (κ1) is 18.9. The number of benzene rings is 1. The number of piperidine rings is 1. The molecule has 4 heteroatoms. The lowest BCUT2D eigenvalue weighted by atomic mass is 9.94. The molecule has 0 saturated carbocycles. The minimum Gasteiger partial charge on any atom is -0.466 e. The molecule has 1 aliphatic heterocycles. The van der Waals surface area contributed by atoms with Crippen LogP contribution in [0.1, 0.15) is 51.2 Å². The average molecular weight is 332 g/mol. The molecule has 24 heavy (non-hydrogen) atoms. The van der Waals surface area contributed by atoms with Gasteiger partial charge in [-0.2, -0.15) is 0 Å². The van der Waals surface area contributed by atoms with Gasteiger partial charge in [-0.1, -0.05) is 43.7 Å². The first-order valence-electron chi connectivity index (χ1n) is 9.19. The van der Waals surface area contributed by atoms with Gasteiger partial charge in [-0.3, -0.25) is 9.69 Å². The molecule has 0 unspecified atom stereocenters. The number of carbonyl (C=O) groups is 1. The third kappa shape index (κ3) is 5.91. The lowest BCUT2D eigenvalue weighted by molar-refractivity contribution is -0.145. The first-order chi connectivity index (χ1) is 11.5. The highest BCUT2D eigenvalue weighted by molar-refractivity contribution is 5.70. The molecular weight excluding hydrogens is 300 g/mol. The molecule has 1 aromatic rings. The van der Waals surface area contributed by atoms with Crippen molar-refractivity contribution in [3.8, 4) is 0 Å². The minimum atomic E-state index is -0.0772. The summed E-state index contributed by atoms with van der Waals surface area (Å²) in [6.45, 7) is 10.7. The van der Waals surface area contributed by atoms with Crippen molar-refractivity contribution in [2.24, 2.45) is 0 Å². The summed E-state index contributed by atoms with van der Waals surface area (Å²) in [6, 6.07) is 9.95. The molecule has 1 fully saturated rings. The van der Waals surface area contributed by atoms with E-state index in [1.54, 1.807) is 0 Å². The Bertz CT molecular complexity index is 513. The van der Waals surface area contributed by atoms with Crippen LogP contribution in [0.4, 0.5) is 0 Å². The number of aryl methyl sites for hydroxylation is 1. The van der Waals surface area contributed by atoms with Crippen molar-refractivity contribution in [3.63, 3.8) is 0 Å². The molecular formula is C20H32N2O2. The van der Waals surface area contributed by atoms with Crippen molar-refractivity contribution in [2.75, 3.05) is 13.2 Å². The van der Waals surface area contributed by atoms with Gasteiger partial charge in [0.05, 0.1) is 13.0 Å². The number of carbonyl (C=O) groups excluding carboxylic acids is 1. The molecule has 2 atom stereocenters. The molecule has 1 aromatic carbocycles. The average Bonchev–Trinajstić information content (AvgIpc) is 2.52. The molecule has 2 rings (SSSR count). The van der Waals surface area contributed by atoms with E-state index in [9.17, 15) is 4.79 Å². The lowest BCUT2D eigenvalue weighted by Crippen LogP contribution is -2.52. The normalized spacial score (nSPS) is 21.9. The predicted octanol–water partition coefficient (Wildman–Crippen LogP) is 3.28. The van der Waals surface area contributed by atoms with E-state index < -0.39 is 0 Å². The van der Waals surface area contributed by atoms with Crippen molar-refractivity contribution in [3.05, 3.63) is 35.4 Å². The van der Waals surface area contributed by atoms with E-state index in [0.717, 1.165) is 25.9 Å². The number of ether oxygens (including phenoxy) is 1. The Morgan fingerprint density at radius 2 is 2.00 bits per heavy atom. The van der Waals surface area contributed by atoms with Crippen LogP contribution in [0.3, 0.4) is 0 Å². The van der Waals surface area contributed by atoms with Crippen LogP contribution in [0.2, 0.25) is 0 Å². The minimum absolute atomic E-state index is 0.0772. The van der Waals surface area contributed by atoms with Crippen LogP contribution in [-0.2, 0) is 16.1 Å². The van der Waals surface area contributed by atoms with Crippen molar-refractivity contribution >= 4 is 5.97 Å². The second-order valence-electron chi connectivity index (χ2n) is 7.17. The van der Waals surface area contributed by atoms with Crippen molar-refractivity contribution < 1.29 is 9.53 Å². The van der Waals surface area contributed by atoms with E-state index >= 15 is 0 Å². The SMILES string of the molecule is CCOC(=O)C[C@H]1CC[C@@H](NC(C)C)CN1Cc1ccc(C)cc1. The van der Waals surface area contributed by atoms with Gasteiger partial charge in [-0.15, -0.1) is 0 Å². The summed E-state index contributed by atoms with van der Waals surface area (Å²) in [5.41, 5.74) is 2.58. The molecule has 0 amide bonds. The molecule has 4 nitrogen and oxygen atoms in total. The molecule has 0 aromatic heterocycles. The van der Waals surface area contributed by atoms with Gasteiger partial charge in [-0.05, 0) is 32.3 Å². The van der Waals surface area contributed by atoms with Gasteiger partial charge in [0, 0.05) is 31.2 Å². The Kier molecular flexibility index (Phi) is 7.25. The van der Waals surface area contributed by atoms with Crippen LogP contribution < -0.4 is 5.32 Å². The van der Waals surface area contributed by atoms with E-state index in [1.165, 1.54) is 11.1 Å². The predicted molar refractivity (Wildman–Crippen MR) is 97.9 cm³/mol. The van der Waals surface area contributed by atoms with Gasteiger partial charge in [0.25, 0.3) is 0 Å². The summed E-state index contributed by atoms with van der Waals surface area (Å²) in [5, 5.41) is 3.65. The van der Waals surface area contributed by atoms with Crippen LogP contribution in [0.15, 0.2) is 24.3 Å². The Labute approximate surface area is 146 Å². The molecule has 1 N–H and O–H groups in total. The monoisotopic (exact) mass is 332 g/mol. The van der Waals surface area contributed by atoms with E-state index in [-0.39, 0.29) is 12.0 Å². The maximum Gasteiger partial charge on any atom is 0.307 e. The molecule has 1 heterocycles. The van der Waals surface area contributed by atoms with E-state index in [4.69, 9.17) is 4.74 Å². The maximum atomic E-state index is 11.9. The van der Waals surface area contributed by atoms with Crippen LogP contribution in [0.5, 0.6) is 0 Å². The van der Waals surface area contributed by atoms with Crippen LogP contribution >= 0.6 is 0 Å². The topological polar surface area (TPSA) is 41.6 Å². The largest absolute Gasteiger partial charge is 0.466 e. The summed E-state index contributed by atoms with van der Waals surface area (Å²) in [7, 11) is 0. The Morgan fingerprint density at radius 1 is 1.29 bits per heavy atom. The zero-order valence-corrected chi connectivity index (χ0v) is 15.5. The summed E-state index contributed by atoms with van der Waals surface area (Å²) < 4.78 is 5.17. The summed E-state index contributed by atoms with van der Waals surface area (Å²) in [6.07, 6.45) is 2.65. The third-order valence-corrected chi connectivity index (χ3v) is 4.60. The maximum absolute atomic E-state index is 11.9. The van der Waals surface area contributed by atoms with Gasteiger partial charge in [0.15, 0.2) is 0 Å². The van der Waals surface area contributed by atoms with Gasteiger partial charge < -0.3 is 10.1 Å². The molecule has 0 aliphatic carbocycles. The fourth-order valence-electron chi connectivity index (χ4n) is 3.47. The zero-order valence-electron chi connectivity index (χ0n) is 15.5. The van der Waals surface area contributed by atoms with Crippen LogP contribution in [0.25, 0.3) is 0 Å². The van der Waals surface area contributed by atoms with Gasteiger partial charge in [0.1, 0.15) is 0 Å². The number of rotatable bonds is 7. The Hall–Kier alpha value is -1.39. The van der Waals surface area contributed by atoms with Crippen molar-refractivity contribution in [1.82, 2.24) is 10.2 Å². The molecule has 0 bridgehead atoms. The zero-order chi connectivity index (χ0) is 17.5. The molecule has 0 spiro atoms. The highest BCUT2D eigenvalue weighted by Gasteiger charge is 2.30. The smallest absolute Gasteiger partial charge is 0.307 e. The summed E-state index contributed by atoms with van der Waals surface area (Å²) in [5.74, 6) is -0.0772. The van der Waals surface area contributed by atoms with Gasteiger partial charge >= 0.3 is 5.97 Å². The lowest BCUT2D eigenvalue weighted by Gasteiger charge is -2.40. The number of likely N-dealkylation sites (tertiary alicyclic amines) is 1. The summed E-state index contributed by atoms with van der Waals surface area (Å²) >= 11 is 0. The Balaban J connectivity index is 2.04. The van der Waals surface area contributed by atoms with Crippen LogP contribution in [0, 0.1) is 6.92 Å². The number of esters is 1. The standard InChI is InChI=1S/C20H32N2O2/c1-5-24-20(23)12-19-11-10-18(21-15(2)3)14-22(19)13-17-8-6-16(4)7-9-17/h6-9,15,18-19,21H,5,10-14H2,1-4H3/t18-,19-/m1/s1. The van der Waals surface area contributed by atoms with Gasteiger partial charge in [0.2, 0.25) is 0 Å². The number of nitrogens with one attached hydrogen (secondary N) is 1.